The van der Waals surface area contributed by atoms with Crippen molar-refractivity contribution in [3.05, 3.63) is 24.3 Å². The number of aliphatic hydroxyl groups excluding tert-OH is 1. The van der Waals surface area contributed by atoms with E-state index in [4.69, 9.17) is 0 Å². The van der Waals surface area contributed by atoms with E-state index in [0.29, 0.717) is 13.1 Å². The van der Waals surface area contributed by atoms with Crippen molar-refractivity contribution in [2.24, 2.45) is 0 Å². The van der Waals surface area contributed by atoms with Crippen molar-refractivity contribution in [1.82, 2.24) is 10.2 Å². The molecule has 0 saturated carbocycles. The molecule has 0 aliphatic carbocycles. The number of nitrogens with one attached hydrogen (secondary N) is 1. The fraction of sp³-hybridized carbons (Fsp3) is 0.545. The van der Waals surface area contributed by atoms with Gasteiger partial charge in [0, 0.05) is 26.2 Å². The maximum Gasteiger partial charge on any atom is 0.246 e. The highest BCUT2D eigenvalue weighted by molar-refractivity contribution is 5.88. The summed E-state index contributed by atoms with van der Waals surface area (Å²) in [6.07, 6.45) is 6.40. The van der Waals surface area contributed by atoms with E-state index in [-0.39, 0.29) is 11.9 Å². The molecule has 1 amide bonds. The van der Waals surface area contributed by atoms with Crippen molar-refractivity contribution in [1.29, 1.82) is 0 Å². The molecular weight excluding hydrogens is 192 g/mol. The van der Waals surface area contributed by atoms with Gasteiger partial charge in [0.25, 0.3) is 0 Å². The molecule has 1 fully saturated rings. The van der Waals surface area contributed by atoms with Gasteiger partial charge in [0.15, 0.2) is 0 Å². The Bertz CT molecular complexity index is 274. The van der Waals surface area contributed by atoms with Crippen molar-refractivity contribution in [2.75, 3.05) is 20.1 Å². The van der Waals surface area contributed by atoms with Crippen molar-refractivity contribution >= 4 is 5.91 Å². The molecule has 1 saturated heterocycles. The summed E-state index contributed by atoms with van der Waals surface area (Å²) in [4.78, 5) is 13.2. The number of likely N-dealkylation sites (N-methyl/N-ethyl adjacent to an activating group) is 1. The normalized spacial score (nSPS) is 26.6. The standard InChI is InChI=1S/C11H18N2O2/c1-3-4-5-6-11(15)13(2)9-7-12-8-10(9)14/h3-6,9-10,12,14H,7-8H2,1-2H3/t9-,10-/m0/s1. The maximum atomic E-state index is 11.6. The van der Waals surface area contributed by atoms with Crippen LogP contribution in [0.4, 0.5) is 0 Å². The highest BCUT2D eigenvalue weighted by Crippen LogP contribution is 2.07. The summed E-state index contributed by atoms with van der Waals surface area (Å²) < 4.78 is 0. The largest absolute Gasteiger partial charge is 0.390 e. The van der Waals surface area contributed by atoms with Crippen molar-refractivity contribution in [3.8, 4) is 0 Å². The Morgan fingerprint density at radius 3 is 2.73 bits per heavy atom. The molecule has 2 N–H and O–H groups in total. The molecule has 15 heavy (non-hydrogen) atoms. The van der Waals surface area contributed by atoms with E-state index in [1.165, 1.54) is 6.08 Å². The second kappa shape index (κ2) is 5.68. The van der Waals surface area contributed by atoms with Crippen LogP contribution in [0.25, 0.3) is 0 Å². The van der Waals surface area contributed by atoms with Gasteiger partial charge in [-0.1, -0.05) is 18.2 Å². The number of β-amino-alcohol motifs (C(OH)–C–C–N with tert-alkyl or cyclic N) is 1. The summed E-state index contributed by atoms with van der Waals surface area (Å²) in [6, 6.07) is -0.118. The predicted molar refractivity (Wildman–Crippen MR) is 59.4 cm³/mol. The van der Waals surface area contributed by atoms with Crippen LogP contribution in [0.15, 0.2) is 24.3 Å². The Kier molecular flexibility index (Phi) is 4.52. The number of hydrogen-bond donors (Lipinski definition) is 2. The minimum Gasteiger partial charge on any atom is -0.390 e. The molecule has 0 spiro atoms. The molecule has 2 atom stereocenters. The van der Waals surface area contributed by atoms with Gasteiger partial charge in [0.05, 0.1) is 12.1 Å². The summed E-state index contributed by atoms with van der Waals surface area (Å²) in [5.74, 6) is -0.0825. The predicted octanol–water partition coefficient (Wildman–Crippen LogP) is -0.0902. The third kappa shape index (κ3) is 3.18. The minimum absolute atomic E-state index is 0.0825. The van der Waals surface area contributed by atoms with Crippen LogP contribution < -0.4 is 5.32 Å². The van der Waals surface area contributed by atoms with E-state index < -0.39 is 6.10 Å². The number of rotatable bonds is 3. The van der Waals surface area contributed by atoms with Crippen LogP contribution in [0, 0.1) is 0 Å². The zero-order chi connectivity index (χ0) is 11.3. The number of amides is 1. The lowest BCUT2D eigenvalue weighted by Crippen LogP contribution is -2.43. The topological polar surface area (TPSA) is 52.6 Å². The van der Waals surface area contributed by atoms with Gasteiger partial charge in [0.1, 0.15) is 0 Å². The molecule has 1 aliphatic heterocycles. The van der Waals surface area contributed by atoms with Gasteiger partial charge >= 0.3 is 0 Å². The summed E-state index contributed by atoms with van der Waals surface area (Å²) in [6.45, 7) is 3.10. The van der Waals surface area contributed by atoms with Crippen LogP contribution in [-0.4, -0.2) is 48.2 Å². The van der Waals surface area contributed by atoms with Crippen LogP contribution in [0.3, 0.4) is 0 Å². The zero-order valence-corrected chi connectivity index (χ0v) is 9.18. The van der Waals surface area contributed by atoms with Crippen molar-refractivity contribution < 1.29 is 9.90 Å². The van der Waals surface area contributed by atoms with Gasteiger partial charge < -0.3 is 15.3 Å². The number of aliphatic hydroxyl groups is 1. The molecule has 1 aliphatic rings. The lowest BCUT2D eigenvalue weighted by molar-refractivity contribution is -0.128. The average molecular weight is 210 g/mol. The molecule has 0 radical (unpaired) electrons. The van der Waals surface area contributed by atoms with Crippen LogP contribution in [0.1, 0.15) is 6.92 Å². The first-order valence-corrected chi connectivity index (χ1v) is 5.11. The fourth-order valence-electron chi connectivity index (χ4n) is 1.58. The van der Waals surface area contributed by atoms with Gasteiger partial charge in [-0.05, 0) is 6.92 Å². The summed E-state index contributed by atoms with van der Waals surface area (Å²) in [5, 5.41) is 12.6. The molecule has 0 aromatic heterocycles. The van der Waals surface area contributed by atoms with Gasteiger partial charge in [0.2, 0.25) is 5.91 Å². The molecule has 0 aromatic carbocycles. The minimum atomic E-state index is -0.464. The first-order valence-electron chi connectivity index (χ1n) is 5.11. The van der Waals surface area contributed by atoms with Crippen LogP contribution in [0.5, 0.6) is 0 Å². The average Bonchev–Trinajstić information content (AvgIpc) is 2.63. The molecule has 1 heterocycles. The molecular formula is C11H18N2O2. The lowest BCUT2D eigenvalue weighted by Gasteiger charge is -2.25. The van der Waals surface area contributed by atoms with E-state index in [2.05, 4.69) is 5.32 Å². The Balaban J connectivity index is 2.52. The van der Waals surface area contributed by atoms with Gasteiger partial charge in [-0.15, -0.1) is 0 Å². The summed E-state index contributed by atoms with van der Waals surface area (Å²) in [5.41, 5.74) is 0. The number of hydrogen-bond acceptors (Lipinski definition) is 3. The number of carbonyl (C=O) groups excluding carboxylic acids is 1. The molecule has 0 bridgehead atoms. The third-order valence-corrected chi connectivity index (χ3v) is 2.54. The van der Waals surface area contributed by atoms with Gasteiger partial charge in [-0.25, -0.2) is 0 Å². The Labute approximate surface area is 90.3 Å². The molecule has 4 heteroatoms. The molecule has 4 nitrogen and oxygen atoms in total. The first-order chi connectivity index (χ1) is 7.16. The Morgan fingerprint density at radius 1 is 1.47 bits per heavy atom. The van der Waals surface area contributed by atoms with Gasteiger partial charge in [-0.3, -0.25) is 4.79 Å². The van der Waals surface area contributed by atoms with E-state index >= 15 is 0 Å². The van der Waals surface area contributed by atoms with Crippen molar-refractivity contribution in [3.63, 3.8) is 0 Å². The van der Waals surface area contributed by atoms with Crippen LogP contribution in [-0.2, 0) is 4.79 Å². The maximum absolute atomic E-state index is 11.6. The first kappa shape index (κ1) is 11.9. The molecule has 0 aromatic rings. The van der Waals surface area contributed by atoms with Crippen LogP contribution in [0.2, 0.25) is 0 Å². The second-order valence-corrected chi connectivity index (χ2v) is 3.63. The Morgan fingerprint density at radius 2 is 2.20 bits per heavy atom. The SMILES string of the molecule is CC=CC=CC(=O)N(C)[C@H]1CNC[C@@H]1O. The Hall–Kier alpha value is -1.13. The van der Waals surface area contributed by atoms with E-state index in [1.807, 2.05) is 13.0 Å². The van der Waals surface area contributed by atoms with Crippen LogP contribution >= 0.6 is 0 Å². The molecule has 0 unspecified atom stereocenters. The zero-order valence-electron chi connectivity index (χ0n) is 9.18. The monoisotopic (exact) mass is 210 g/mol. The third-order valence-electron chi connectivity index (χ3n) is 2.54. The molecule has 1 rings (SSSR count). The second-order valence-electron chi connectivity index (χ2n) is 3.63. The highest BCUT2D eigenvalue weighted by atomic mass is 16.3. The lowest BCUT2D eigenvalue weighted by atomic mass is 10.2. The fourth-order valence-corrected chi connectivity index (χ4v) is 1.58. The summed E-state index contributed by atoms with van der Waals surface area (Å²) >= 11 is 0. The number of allylic oxidation sites excluding steroid dienone is 3. The summed E-state index contributed by atoms with van der Waals surface area (Å²) in [7, 11) is 1.71. The van der Waals surface area contributed by atoms with E-state index in [0.717, 1.165) is 0 Å². The number of carbonyl (C=O) groups is 1. The smallest absolute Gasteiger partial charge is 0.246 e. The highest BCUT2D eigenvalue weighted by Gasteiger charge is 2.30. The van der Waals surface area contributed by atoms with Gasteiger partial charge in [-0.2, -0.15) is 0 Å². The number of nitrogens with zero attached hydrogens (tertiary/aromatic N) is 1. The van der Waals surface area contributed by atoms with E-state index in [9.17, 15) is 9.90 Å². The van der Waals surface area contributed by atoms with Crippen molar-refractivity contribution in [2.45, 2.75) is 19.1 Å². The van der Waals surface area contributed by atoms with E-state index in [1.54, 1.807) is 24.1 Å². The molecule has 84 valence electrons. The quantitative estimate of drug-likeness (QED) is 0.505.